The van der Waals surface area contributed by atoms with Gasteiger partial charge in [-0.15, -0.1) is 0 Å². The molecule has 0 saturated carbocycles. The number of halogens is 3. The summed E-state index contributed by atoms with van der Waals surface area (Å²) >= 11 is 0. The summed E-state index contributed by atoms with van der Waals surface area (Å²) in [5, 5.41) is 6.97. The number of rotatable bonds is 3. The standard InChI is InChI=1S/C21H25F3N4O3S/c1-13-3-4-15(17(11-13)21(22,23)24)14-5-8-27(9-6-14)20(29)19-16-12-28(32(2,30)31)10-7-18(16)25-26-19/h3-4,11,14H,5-10,12H2,1-2H3,(H,25,26). The molecule has 0 aliphatic carbocycles. The fourth-order valence-electron chi connectivity index (χ4n) is 4.55. The van der Waals surface area contributed by atoms with E-state index < -0.39 is 21.8 Å². The van der Waals surface area contributed by atoms with E-state index in [1.54, 1.807) is 24.0 Å². The van der Waals surface area contributed by atoms with Crippen molar-refractivity contribution >= 4 is 15.9 Å². The van der Waals surface area contributed by atoms with Crippen molar-refractivity contribution in [3.63, 3.8) is 0 Å². The third-order valence-electron chi connectivity index (χ3n) is 6.31. The van der Waals surface area contributed by atoms with Gasteiger partial charge in [-0.2, -0.15) is 22.6 Å². The average Bonchev–Trinajstić information content (AvgIpc) is 3.15. The van der Waals surface area contributed by atoms with E-state index in [1.165, 1.54) is 10.4 Å². The minimum absolute atomic E-state index is 0.0838. The lowest BCUT2D eigenvalue weighted by Crippen LogP contribution is -2.40. The fraction of sp³-hybridized carbons (Fsp3) is 0.524. The Morgan fingerprint density at radius 2 is 1.88 bits per heavy atom. The molecule has 1 N–H and O–H groups in total. The maximum atomic E-state index is 13.5. The molecular formula is C21H25F3N4O3S. The van der Waals surface area contributed by atoms with Crippen LogP contribution in [-0.4, -0.2) is 59.6 Å². The Labute approximate surface area is 184 Å². The summed E-state index contributed by atoms with van der Waals surface area (Å²) in [4.78, 5) is 14.7. The van der Waals surface area contributed by atoms with Crippen molar-refractivity contribution in [1.29, 1.82) is 0 Å². The molecular weight excluding hydrogens is 445 g/mol. The topological polar surface area (TPSA) is 86.4 Å². The van der Waals surface area contributed by atoms with Crippen LogP contribution in [-0.2, 0) is 29.2 Å². The zero-order valence-corrected chi connectivity index (χ0v) is 18.7. The molecule has 1 amide bonds. The number of carbonyl (C=O) groups excluding carboxylic acids is 1. The van der Waals surface area contributed by atoms with Gasteiger partial charge in [-0.3, -0.25) is 9.89 Å². The SMILES string of the molecule is Cc1ccc(C2CCN(C(=O)c3n[nH]c4c3CN(S(C)(=O)=O)CC4)CC2)c(C(F)(F)F)c1. The van der Waals surface area contributed by atoms with Gasteiger partial charge in [0.2, 0.25) is 10.0 Å². The van der Waals surface area contributed by atoms with Crippen molar-refractivity contribution < 1.29 is 26.4 Å². The van der Waals surface area contributed by atoms with Crippen molar-refractivity contribution in [3.05, 3.63) is 51.8 Å². The van der Waals surface area contributed by atoms with Crippen LogP contribution in [0.5, 0.6) is 0 Å². The monoisotopic (exact) mass is 470 g/mol. The second-order valence-corrected chi connectivity index (χ2v) is 10.5. The number of benzene rings is 1. The molecule has 11 heteroatoms. The minimum atomic E-state index is -4.42. The lowest BCUT2D eigenvalue weighted by molar-refractivity contribution is -0.138. The minimum Gasteiger partial charge on any atom is -0.337 e. The van der Waals surface area contributed by atoms with Gasteiger partial charge in [-0.05, 0) is 37.3 Å². The zero-order valence-electron chi connectivity index (χ0n) is 17.9. The Hall–Kier alpha value is -2.40. The molecule has 1 fully saturated rings. The highest BCUT2D eigenvalue weighted by Gasteiger charge is 2.37. The largest absolute Gasteiger partial charge is 0.416 e. The van der Waals surface area contributed by atoms with Crippen LogP contribution in [0.3, 0.4) is 0 Å². The fourth-order valence-corrected chi connectivity index (χ4v) is 5.33. The third kappa shape index (κ3) is 4.40. The van der Waals surface area contributed by atoms with E-state index in [0.29, 0.717) is 50.0 Å². The van der Waals surface area contributed by atoms with E-state index in [0.717, 1.165) is 11.9 Å². The number of piperidine rings is 1. The molecule has 0 atom stereocenters. The summed E-state index contributed by atoms with van der Waals surface area (Å²) < 4.78 is 65.7. The van der Waals surface area contributed by atoms with E-state index >= 15 is 0 Å². The first-order valence-electron chi connectivity index (χ1n) is 10.4. The second kappa shape index (κ2) is 8.18. The van der Waals surface area contributed by atoms with Crippen LogP contribution in [0.4, 0.5) is 13.2 Å². The molecule has 7 nitrogen and oxygen atoms in total. The van der Waals surface area contributed by atoms with Crippen molar-refractivity contribution in [3.8, 4) is 0 Å². The first-order valence-corrected chi connectivity index (χ1v) is 12.3. The summed E-state index contributed by atoms with van der Waals surface area (Å²) in [5.74, 6) is -0.610. The number of aryl methyl sites for hydroxylation is 1. The van der Waals surface area contributed by atoms with Gasteiger partial charge in [0, 0.05) is 43.9 Å². The summed E-state index contributed by atoms with van der Waals surface area (Å²) in [5.41, 5.74) is 1.74. The highest BCUT2D eigenvalue weighted by Crippen LogP contribution is 2.39. The number of amides is 1. The van der Waals surface area contributed by atoms with Crippen LogP contribution in [0.25, 0.3) is 0 Å². The van der Waals surface area contributed by atoms with Gasteiger partial charge in [-0.25, -0.2) is 8.42 Å². The van der Waals surface area contributed by atoms with E-state index in [-0.39, 0.29) is 29.6 Å². The summed E-state index contributed by atoms with van der Waals surface area (Å²) in [6.45, 7) is 2.67. The zero-order chi connectivity index (χ0) is 23.3. The van der Waals surface area contributed by atoms with E-state index in [9.17, 15) is 26.4 Å². The number of sulfonamides is 1. The van der Waals surface area contributed by atoms with Gasteiger partial charge in [-0.1, -0.05) is 17.7 Å². The molecule has 2 aromatic rings. The molecule has 0 radical (unpaired) electrons. The number of carbonyl (C=O) groups is 1. The van der Waals surface area contributed by atoms with E-state index in [2.05, 4.69) is 10.2 Å². The Balaban J connectivity index is 1.49. The van der Waals surface area contributed by atoms with Crippen LogP contribution >= 0.6 is 0 Å². The molecule has 0 bridgehead atoms. The van der Waals surface area contributed by atoms with Crippen molar-refractivity contribution in [2.45, 2.75) is 44.8 Å². The Morgan fingerprint density at radius 1 is 1.19 bits per heavy atom. The predicted octanol–water partition coefficient (Wildman–Crippen LogP) is 3.07. The number of nitrogens with one attached hydrogen (secondary N) is 1. The van der Waals surface area contributed by atoms with Gasteiger partial charge >= 0.3 is 6.18 Å². The smallest absolute Gasteiger partial charge is 0.337 e. The maximum Gasteiger partial charge on any atom is 0.416 e. The van der Waals surface area contributed by atoms with Crippen molar-refractivity contribution in [1.82, 2.24) is 19.4 Å². The number of hydrogen-bond donors (Lipinski definition) is 1. The normalized spacial score (nSPS) is 18.6. The molecule has 32 heavy (non-hydrogen) atoms. The van der Waals surface area contributed by atoms with Gasteiger partial charge < -0.3 is 4.90 Å². The van der Waals surface area contributed by atoms with E-state index in [1.807, 2.05) is 0 Å². The van der Waals surface area contributed by atoms with Crippen LogP contribution < -0.4 is 0 Å². The summed E-state index contributed by atoms with van der Waals surface area (Å²) in [6.07, 6.45) is -2.02. The summed E-state index contributed by atoms with van der Waals surface area (Å²) in [7, 11) is -3.40. The highest BCUT2D eigenvalue weighted by atomic mass is 32.2. The van der Waals surface area contributed by atoms with Gasteiger partial charge in [0.1, 0.15) is 0 Å². The number of fused-ring (bicyclic) bond motifs is 1. The molecule has 2 aliphatic heterocycles. The number of likely N-dealkylation sites (tertiary alicyclic amines) is 1. The third-order valence-corrected chi connectivity index (χ3v) is 7.56. The number of aromatic nitrogens is 2. The summed E-state index contributed by atoms with van der Waals surface area (Å²) in [6, 6.07) is 4.41. The molecule has 1 aromatic carbocycles. The Bertz CT molecular complexity index is 1140. The van der Waals surface area contributed by atoms with Crippen LogP contribution in [0.2, 0.25) is 0 Å². The van der Waals surface area contributed by atoms with Gasteiger partial charge in [0.05, 0.1) is 11.8 Å². The van der Waals surface area contributed by atoms with Crippen LogP contribution in [0.1, 0.15) is 57.2 Å². The number of hydrogen-bond acceptors (Lipinski definition) is 4. The lowest BCUT2D eigenvalue weighted by atomic mass is 9.85. The second-order valence-electron chi connectivity index (χ2n) is 8.53. The van der Waals surface area contributed by atoms with Crippen LogP contribution in [0, 0.1) is 6.92 Å². The lowest BCUT2D eigenvalue weighted by Gasteiger charge is -2.33. The molecule has 0 spiro atoms. The first kappa shape index (κ1) is 22.8. The Kier molecular flexibility index (Phi) is 5.83. The molecule has 2 aliphatic rings. The molecule has 4 rings (SSSR count). The average molecular weight is 471 g/mol. The highest BCUT2D eigenvalue weighted by molar-refractivity contribution is 7.88. The Morgan fingerprint density at radius 3 is 2.50 bits per heavy atom. The number of nitrogens with zero attached hydrogens (tertiary/aromatic N) is 3. The molecule has 1 aromatic heterocycles. The maximum absolute atomic E-state index is 13.5. The molecule has 1 saturated heterocycles. The van der Waals surface area contributed by atoms with Crippen molar-refractivity contribution in [2.24, 2.45) is 0 Å². The molecule has 174 valence electrons. The number of H-pyrrole nitrogens is 1. The predicted molar refractivity (Wildman–Crippen MR) is 112 cm³/mol. The van der Waals surface area contributed by atoms with Gasteiger partial charge in [0.25, 0.3) is 5.91 Å². The van der Waals surface area contributed by atoms with E-state index in [4.69, 9.17) is 0 Å². The quantitative estimate of drug-likeness (QED) is 0.747. The van der Waals surface area contributed by atoms with Crippen molar-refractivity contribution in [2.75, 3.05) is 25.9 Å². The number of aromatic amines is 1. The van der Waals surface area contributed by atoms with Crippen LogP contribution in [0.15, 0.2) is 18.2 Å². The first-order chi connectivity index (χ1) is 14.9. The molecule has 3 heterocycles. The van der Waals surface area contributed by atoms with Gasteiger partial charge in [0.15, 0.2) is 5.69 Å². The number of alkyl halides is 3. The molecule has 0 unspecified atom stereocenters.